The van der Waals surface area contributed by atoms with E-state index >= 15 is 0 Å². The smallest absolute Gasteiger partial charge is 0.193 e. The number of anilines is 1. The highest BCUT2D eigenvalue weighted by Crippen LogP contribution is 2.22. The molecule has 2 aromatic heterocycles. The van der Waals surface area contributed by atoms with Crippen LogP contribution in [0.3, 0.4) is 0 Å². The van der Waals surface area contributed by atoms with Crippen LogP contribution in [0.2, 0.25) is 0 Å². The molecule has 1 aliphatic rings. The molecule has 8 heteroatoms. The van der Waals surface area contributed by atoms with E-state index in [1.54, 1.807) is 11.3 Å². The topological polar surface area (TPSA) is 47.0 Å². The maximum atomic E-state index is 4.56. The van der Waals surface area contributed by atoms with Crippen LogP contribution in [0.4, 0.5) is 5.82 Å². The van der Waals surface area contributed by atoms with E-state index in [1.807, 2.05) is 25.4 Å². The normalized spacial score (nSPS) is 15.9. The van der Waals surface area contributed by atoms with Gasteiger partial charge in [0.05, 0.1) is 6.04 Å². The van der Waals surface area contributed by atoms with Crippen LogP contribution < -0.4 is 10.2 Å². The zero-order valence-corrected chi connectivity index (χ0v) is 20.8. The third kappa shape index (κ3) is 6.29. The van der Waals surface area contributed by atoms with Crippen LogP contribution in [0.1, 0.15) is 25.5 Å². The fraction of sp³-hybridized carbons (Fsp3) is 0.524. The molecule has 1 fully saturated rings. The molecular formula is C21H33IN6S. The minimum Gasteiger partial charge on any atom is -0.354 e. The Balaban J connectivity index is 0.00000300. The fourth-order valence-electron chi connectivity index (χ4n) is 3.80. The largest absolute Gasteiger partial charge is 0.354 e. The average molecular weight is 529 g/mol. The molecule has 1 atom stereocenters. The molecule has 0 saturated carbocycles. The third-order valence-corrected chi connectivity index (χ3v) is 6.10. The van der Waals surface area contributed by atoms with Gasteiger partial charge in [0.1, 0.15) is 5.82 Å². The van der Waals surface area contributed by atoms with E-state index in [1.165, 1.54) is 5.56 Å². The molecule has 0 bridgehead atoms. The summed E-state index contributed by atoms with van der Waals surface area (Å²) < 4.78 is 0. The number of aromatic nitrogens is 1. The Morgan fingerprint density at radius 1 is 1.21 bits per heavy atom. The summed E-state index contributed by atoms with van der Waals surface area (Å²) in [4.78, 5) is 16.2. The van der Waals surface area contributed by atoms with E-state index in [0.717, 1.165) is 57.6 Å². The van der Waals surface area contributed by atoms with Crippen LogP contribution in [-0.2, 0) is 0 Å². The summed E-state index contributed by atoms with van der Waals surface area (Å²) in [5.41, 5.74) is 1.39. The lowest BCUT2D eigenvalue weighted by atomic mass is 10.1. The van der Waals surface area contributed by atoms with E-state index in [4.69, 9.17) is 0 Å². The molecule has 3 rings (SSSR count). The number of aliphatic imine (C=N–C) groups is 1. The highest BCUT2D eigenvalue weighted by atomic mass is 127. The molecule has 6 nitrogen and oxygen atoms in total. The number of nitrogens with one attached hydrogen (secondary N) is 1. The van der Waals surface area contributed by atoms with Crippen LogP contribution in [-0.4, -0.2) is 73.6 Å². The average Bonchev–Trinajstić information content (AvgIpc) is 3.29. The maximum Gasteiger partial charge on any atom is 0.193 e. The summed E-state index contributed by atoms with van der Waals surface area (Å²) >= 11 is 1.77. The standard InChI is InChI=1S/C21H32N6S.HI/c1-4-25(5-2)19(18-9-15-28-17-18)16-24-21(22-3)27-13-11-26(12-14-27)20-8-6-7-10-23-20;/h6-10,15,17,19H,4-5,11-14,16H2,1-3H3,(H,22,24);1H. The first-order chi connectivity index (χ1) is 13.8. The fourth-order valence-corrected chi connectivity index (χ4v) is 4.50. The molecule has 1 aliphatic heterocycles. The van der Waals surface area contributed by atoms with E-state index in [9.17, 15) is 0 Å². The lowest BCUT2D eigenvalue weighted by molar-refractivity contribution is 0.217. The van der Waals surface area contributed by atoms with E-state index in [0.29, 0.717) is 6.04 Å². The second kappa shape index (κ2) is 12.3. The number of hydrogen-bond acceptors (Lipinski definition) is 5. The van der Waals surface area contributed by atoms with Gasteiger partial charge in [-0.05, 0) is 47.6 Å². The van der Waals surface area contributed by atoms with Gasteiger partial charge in [-0.25, -0.2) is 4.98 Å². The third-order valence-electron chi connectivity index (χ3n) is 5.40. The van der Waals surface area contributed by atoms with Crippen molar-refractivity contribution in [1.29, 1.82) is 0 Å². The predicted octanol–water partition coefficient (Wildman–Crippen LogP) is 3.54. The van der Waals surface area contributed by atoms with Gasteiger partial charge in [0, 0.05) is 46.0 Å². The quantitative estimate of drug-likeness (QED) is 0.339. The van der Waals surface area contributed by atoms with Gasteiger partial charge < -0.3 is 15.1 Å². The van der Waals surface area contributed by atoms with E-state index < -0.39 is 0 Å². The Morgan fingerprint density at radius 3 is 2.52 bits per heavy atom. The van der Waals surface area contributed by atoms with Gasteiger partial charge in [0.2, 0.25) is 0 Å². The number of hydrogen-bond donors (Lipinski definition) is 1. The van der Waals surface area contributed by atoms with Crippen molar-refractivity contribution in [3.8, 4) is 0 Å². The first-order valence-corrected chi connectivity index (χ1v) is 11.1. The van der Waals surface area contributed by atoms with Gasteiger partial charge in [0.15, 0.2) is 5.96 Å². The van der Waals surface area contributed by atoms with Gasteiger partial charge in [-0.3, -0.25) is 9.89 Å². The molecule has 29 heavy (non-hydrogen) atoms. The summed E-state index contributed by atoms with van der Waals surface area (Å²) in [5.74, 6) is 2.05. The number of halogens is 1. The number of piperazine rings is 1. The molecular weight excluding hydrogens is 495 g/mol. The van der Waals surface area contributed by atoms with Crippen molar-refractivity contribution in [2.24, 2.45) is 4.99 Å². The van der Waals surface area contributed by atoms with Gasteiger partial charge in [-0.15, -0.1) is 24.0 Å². The SMILES string of the molecule is CCN(CC)C(CNC(=NC)N1CCN(c2ccccn2)CC1)c1ccsc1.I. The molecule has 0 aromatic carbocycles. The Kier molecular flexibility index (Phi) is 10.2. The molecule has 0 aliphatic carbocycles. The van der Waals surface area contributed by atoms with Crippen LogP contribution in [0, 0.1) is 0 Å². The number of thiophene rings is 1. The first-order valence-electron chi connectivity index (χ1n) is 10.1. The van der Waals surface area contributed by atoms with Crippen molar-refractivity contribution < 1.29 is 0 Å². The predicted molar refractivity (Wildman–Crippen MR) is 135 cm³/mol. The monoisotopic (exact) mass is 528 g/mol. The molecule has 1 saturated heterocycles. The Labute approximate surface area is 196 Å². The lowest BCUT2D eigenvalue weighted by Crippen LogP contribution is -2.53. The Morgan fingerprint density at radius 2 is 1.97 bits per heavy atom. The zero-order valence-electron chi connectivity index (χ0n) is 17.6. The second-order valence-corrected chi connectivity index (χ2v) is 7.66. The van der Waals surface area contributed by atoms with Crippen LogP contribution in [0.25, 0.3) is 0 Å². The highest BCUT2D eigenvalue weighted by Gasteiger charge is 2.23. The molecule has 0 radical (unpaired) electrons. The van der Waals surface area contributed by atoms with Crippen molar-refractivity contribution in [2.75, 3.05) is 57.8 Å². The van der Waals surface area contributed by atoms with Crippen LogP contribution in [0.15, 0.2) is 46.2 Å². The summed E-state index contributed by atoms with van der Waals surface area (Å²) in [5, 5.41) is 8.06. The summed E-state index contributed by atoms with van der Waals surface area (Å²) in [6, 6.07) is 8.70. The molecule has 2 aromatic rings. The summed E-state index contributed by atoms with van der Waals surface area (Å²) in [6.07, 6.45) is 1.86. The Hall–Kier alpha value is -1.39. The number of rotatable bonds is 7. The van der Waals surface area contributed by atoms with Crippen molar-refractivity contribution in [2.45, 2.75) is 19.9 Å². The minimum absolute atomic E-state index is 0. The Bertz CT molecular complexity index is 712. The maximum absolute atomic E-state index is 4.56. The highest BCUT2D eigenvalue weighted by molar-refractivity contribution is 14.0. The summed E-state index contributed by atoms with van der Waals surface area (Å²) in [6.45, 7) is 11.2. The number of guanidine groups is 1. The minimum atomic E-state index is 0. The molecule has 0 amide bonds. The van der Waals surface area contributed by atoms with E-state index in [-0.39, 0.29) is 24.0 Å². The van der Waals surface area contributed by atoms with E-state index in [2.05, 4.69) is 66.7 Å². The van der Waals surface area contributed by atoms with Gasteiger partial charge in [-0.1, -0.05) is 19.9 Å². The van der Waals surface area contributed by atoms with Gasteiger partial charge in [0.25, 0.3) is 0 Å². The van der Waals surface area contributed by atoms with Crippen molar-refractivity contribution >= 4 is 47.1 Å². The second-order valence-electron chi connectivity index (χ2n) is 6.88. The summed E-state index contributed by atoms with van der Waals surface area (Å²) in [7, 11) is 1.88. The molecule has 0 spiro atoms. The van der Waals surface area contributed by atoms with Gasteiger partial charge in [-0.2, -0.15) is 11.3 Å². The lowest BCUT2D eigenvalue weighted by Gasteiger charge is -2.38. The van der Waals surface area contributed by atoms with Crippen molar-refractivity contribution in [3.63, 3.8) is 0 Å². The van der Waals surface area contributed by atoms with Gasteiger partial charge >= 0.3 is 0 Å². The molecule has 1 unspecified atom stereocenters. The number of nitrogens with zero attached hydrogens (tertiary/aromatic N) is 5. The van der Waals surface area contributed by atoms with Crippen molar-refractivity contribution in [3.05, 3.63) is 46.8 Å². The van der Waals surface area contributed by atoms with Crippen LogP contribution >= 0.6 is 35.3 Å². The van der Waals surface area contributed by atoms with Crippen molar-refractivity contribution in [1.82, 2.24) is 20.1 Å². The molecule has 3 heterocycles. The number of pyridine rings is 1. The first kappa shape index (κ1) is 23.9. The molecule has 160 valence electrons. The number of likely N-dealkylation sites (N-methyl/N-ethyl adjacent to an activating group) is 1. The zero-order chi connectivity index (χ0) is 19.8. The van der Waals surface area contributed by atoms with Crippen LogP contribution in [0.5, 0.6) is 0 Å². The molecule has 1 N–H and O–H groups in total.